The number of hydrogen-bond acceptors (Lipinski definition) is 4. The summed E-state index contributed by atoms with van der Waals surface area (Å²) in [4.78, 5) is 36.2. The predicted molar refractivity (Wildman–Crippen MR) is 88.8 cm³/mol. The van der Waals surface area contributed by atoms with Crippen molar-refractivity contribution in [1.29, 1.82) is 0 Å². The summed E-state index contributed by atoms with van der Waals surface area (Å²) < 4.78 is 3.11. The van der Waals surface area contributed by atoms with Crippen molar-refractivity contribution in [2.45, 2.75) is 31.2 Å². The molecule has 2 aliphatic heterocycles. The molecule has 2 aromatic rings. The number of nitrogens with zero attached hydrogens (tertiary/aromatic N) is 2. The first kappa shape index (κ1) is 15.1. The predicted octanol–water partition coefficient (Wildman–Crippen LogP) is 0.395. The minimum absolute atomic E-state index is 0.221. The summed E-state index contributed by atoms with van der Waals surface area (Å²) in [7, 11) is 1.73. The standard InChI is InChI=1S/C17H20N4O3/c1-20-14-8-10(11-6-7-18-9-11)2-3-12(14)21(17(20)24)13-4-5-15(22)19-16(13)23/h2-3,8,11,13,18H,4-7,9H2,1H3,(H,19,22,23). The number of nitrogens with one attached hydrogen (secondary N) is 2. The molecule has 24 heavy (non-hydrogen) atoms. The van der Waals surface area contributed by atoms with Crippen LogP contribution in [-0.2, 0) is 16.6 Å². The average molecular weight is 328 g/mol. The first-order chi connectivity index (χ1) is 11.6. The highest BCUT2D eigenvalue weighted by Crippen LogP contribution is 2.28. The smallest absolute Gasteiger partial charge is 0.316 e. The van der Waals surface area contributed by atoms with Gasteiger partial charge in [0.15, 0.2) is 0 Å². The second-order valence-corrected chi connectivity index (χ2v) is 6.62. The van der Waals surface area contributed by atoms with Gasteiger partial charge in [0.1, 0.15) is 6.04 Å². The van der Waals surface area contributed by atoms with E-state index in [9.17, 15) is 14.4 Å². The van der Waals surface area contributed by atoms with Gasteiger partial charge in [-0.2, -0.15) is 0 Å². The molecule has 0 radical (unpaired) electrons. The fourth-order valence-electron chi connectivity index (χ4n) is 3.80. The number of carbonyl (C=O) groups excluding carboxylic acids is 2. The molecular weight excluding hydrogens is 308 g/mol. The van der Waals surface area contributed by atoms with Crippen LogP contribution in [0.1, 0.15) is 36.8 Å². The Balaban J connectivity index is 1.82. The molecule has 2 unspecified atom stereocenters. The first-order valence-corrected chi connectivity index (χ1v) is 8.31. The Kier molecular flexibility index (Phi) is 3.53. The van der Waals surface area contributed by atoms with E-state index in [1.165, 1.54) is 10.1 Å². The van der Waals surface area contributed by atoms with Crippen LogP contribution in [0.3, 0.4) is 0 Å². The number of aryl methyl sites for hydroxylation is 1. The summed E-state index contributed by atoms with van der Waals surface area (Å²) in [5.74, 6) is -0.214. The normalized spacial score (nSPS) is 24.5. The largest absolute Gasteiger partial charge is 0.329 e. The molecule has 2 fully saturated rings. The Labute approximate surface area is 138 Å². The van der Waals surface area contributed by atoms with Crippen LogP contribution in [0.4, 0.5) is 0 Å². The molecule has 0 aliphatic carbocycles. The van der Waals surface area contributed by atoms with Crippen LogP contribution >= 0.6 is 0 Å². The summed E-state index contributed by atoms with van der Waals surface area (Å²) in [6.07, 6.45) is 1.70. The van der Waals surface area contributed by atoms with Crippen molar-refractivity contribution >= 4 is 22.8 Å². The summed E-state index contributed by atoms with van der Waals surface area (Å²) >= 11 is 0. The van der Waals surface area contributed by atoms with Crippen molar-refractivity contribution < 1.29 is 9.59 Å². The zero-order chi connectivity index (χ0) is 16.8. The Morgan fingerprint density at radius 1 is 1.12 bits per heavy atom. The summed E-state index contributed by atoms with van der Waals surface area (Å²) in [5, 5.41) is 5.68. The third-order valence-electron chi connectivity index (χ3n) is 5.17. The van der Waals surface area contributed by atoms with E-state index >= 15 is 0 Å². The lowest BCUT2D eigenvalue weighted by Crippen LogP contribution is -2.44. The molecule has 1 aromatic heterocycles. The SMILES string of the molecule is Cn1c(=O)n(C2CCC(=O)NC2=O)c2ccc(C3CCNC3)cc21. The molecule has 3 heterocycles. The van der Waals surface area contributed by atoms with E-state index in [4.69, 9.17) is 0 Å². The van der Waals surface area contributed by atoms with Gasteiger partial charge in [0, 0.05) is 20.0 Å². The minimum atomic E-state index is -0.627. The van der Waals surface area contributed by atoms with Gasteiger partial charge in [0.2, 0.25) is 11.8 Å². The van der Waals surface area contributed by atoms with Gasteiger partial charge in [-0.1, -0.05) is 6.07 Å². The minimum Gasteiger partial charge on any atom is -0.316 e. The van der Waals surface area contributed by atoms with E-state index in [0.29, 0.717) is 12.3 Å². The molecule has 2 aliphatic rings. The van der Waals surface area contributed by atoms with E-state index in [2.05, 4.69) is 16.7 Å². The lowest BCUT2D eigenvalue weighted by Gasteiger charge is -2.22. The van der Waals surface area contributed by atoms with Crippen molar-refractivity contribution in [2.75, 3.05) is 13.1 Å². The molecule has 2 saturated heterocycles. The van der Waals surface area contributed by atoms with Crippen LogP contribution in [0.15, 0.2) is 23.0 Å². The van der Waals surface area contributed by atoms with Crippen LogP contribution in [0, 0.1) is 0 Å². The number of benzene rings is 1. The van der Waals surface area contributed by atoms with Crippen LogP contribution in [-0.4, -0.2) is 34.0 Å². The molecule has 0 spiro atoms. The lowest BCUT2D eigenvalue weighted by molar-refractivity contribution is -0.135. The summed E-state index contributed by atoms with van der Waals surface area (Å²) in [6.45, 7) is 1.96. The van der Waals surface area contributed by atoms with Gasteiger partial charge < -0.3 is 5.32 Å². The van der Waals surface area contributed by atoms with Crippen LogP contribution < -0.4 is 16.3 Å². The third-order valence-corrected chi connectivity index (χ3v) is 5.17. The zero-order valence-electron chi connectivity index (χ0n) is 13.5. The highest BCUT2D eigenvalue weighted by atomic mass is 16.2. The van der Waals surface area contributed by atoms with Crippen molar-refractivity contribution in [3.63, 3.8) is 0 Å². The maximum absolute atomic E-state index is 12.7. The number of hydrogen-bond donors (Lipinski definition) is 2. The Bertz CT molecular complexity index is 889. The Morgan fingerprint density at radius 3 is 2.67 bits per heavy atom. The second-order valence-electron chi connectivity index (χ2n) is 6.62. The monoisotopic (exact) mass is 328 g/mol. The van der Waals surface area contributed by atoms with Crippen molar-refractivity contribution in [3.8, 4) is 0 Å². The number of rotatable bonds is 2. The summed E-state index contributed by atoms with van der Waals surface area (Å²) in [5.41, 5.74) is 2.56. The van der Waals surface area contributed by atoms with Gasteiger partial charge in [0.05, 0.1) is 11.0 Å². The molecule has 4 rings (SSSR count). The third kappa shape index (κ3) is 2.27. The van der Waals surface area contributed by atoms with Crippen LogP contribution in [0.25, 0.3) is 11.0 Å². The molecule has 7 heteroatoms. The van der Waals surface area contributed by atoms with E-state index in [1.54, 1.807) is 11.6 Å². The lowest BCUT2D eigenvalue weighted by atomic mass is 9.98. The Hall–Kier alpha value is -2.41. The van der Waals surface area contributed by atoms with E-state index < -0.39 is 11.9 Å². The molecule has 0 bridgehead atoms. The number of imidazole rings is 1. The average Bonchev–Trinajstić information content (AvgIpc) is 3.17. The van der Waals surface area contributed by atoms with Gasteiger partial charge in [-0.3, -0.25) is 24.0 Å². The number of aromatic nitrogens is 2. The van der Waals surface area contributed by atoms with Crippen LogP contribution in [0.2, 0.25) is 0 Å². The number of carbonyl (C=O) groups is 2. The molecule has 0 saturated carbocycles. The highest BCUT2D eigenvalue weighted by molar-refractivity contribution is 6.00. The number of piperidine rings is 1. The molecule has 2 amide bonds. The van der Waals surface area contributed by atoms with Gasteiger partial charge in [-0.05, 0) is 43.0 Å². The second kappa shape index (κ2) is 5.59. The number of imide groups is 1. The zero-order valence-corrected chi connectivity index (χ0v) is 13.5. The number of amides is 2. The van der Waals surface area contributed by atoms with E-state index in [1.807, 2.05) is 12.1 Å². The fourth-order valence-corrected chi connectivity index (χ4v) is 3.80. The van der Waals surface area contributed by atoms with Gasteiger partial charge >= 0.3 is 5.69 Å². The summed E-state index contributed by atoms with van der Waals surface area (Å²) in [6, 6.07) is 5.39. The molecule has 2 N–H and O–H groups in total. The molecule has 126 valence electrons. The maximum Gasteiger partial charge on any atom is 0.329 e. The topological polar surface area (TPSA) is 85.1 Å². The molecule has 2 atom stereocenters. The van der Waals surface area contributed by atoms with Gasteiger partial charge in [0.25, 0.3) is 0 Å². The van der Waals surface area contributed by atoms with Gasteiger partial charge in [-0.25, -0.2) is 4.79 Å². The van der Waals surface area contributed by atoms with E-state index in [-0.39, 0.29) is 18.0 Å². The highest BCUT2D eigenvalue weighted by Gasteiger charge is 2.31. The molecular formula is C17H20N4O3. The van der Waals surface area contributed by atoms with Crippen molar-refractivity contribution in [1.82, 2.24) is 19.8 Å². The van der Waals surface area contributed by atoms with Gasteiger partial charge in [-0.15, -0.1) is 0 Å². The van der Waals surface area contributed by atoms with E-state index in [0.717, 1.165) is 30.5 Å². The fraction of sp³-hybridized carbons (Fsp3) is 0.471. The van der Waals surface area contributed by atoms with Crippen molar-refractivity contribution in [2.24, 2.45) is 7.05 Å². The van der Waals surface area contributed by atoms with Crippen molar-refractivity contribution in [3.05, 3.63) is 34.2 Å². The molecule has 1 aromatic carbocycles. The first-order valence-electron chi connectivity index (χ1n) is 8.31. The maximum atomic E-state index is 12.7. The quantitative estimate of drug-likeness (QED) is 0.781. The Morgan fingerprint density at radius 2 is 1.96 bits per heavy atom. The number of fused-ring (bicyclic) bond motifs is 1. The van der Waals surface area contributed by atoms with Crippen LogP contribution in [0.5, 0.6) is 0 Å². The molecule has 7 nitrogen and oxygen atoms in total.